The van der Waals surface area contributed by atoms with Gasteiger partial charge < -0.3 is 15.2 Å². The molecule has 2 aromatic rings. The van der Waals surface area contributed by atoms with Crippen LogP contribution in [0, 0.1) is 0 Å². The largest absolute Gasteiger partial charge is 0.395 e. The molecule has 1 aromatic heterocycles. The van der Waals surface area contributed by atoms with E-state index in [-0.39, 0.29) is 29.2 Å². The van der Waals surface area contributed by atoms with Crippen LogP contribution in [0.15, 0.2) is 29.1 Å². The van der Waals surface area contributed by atoms with E-state index in [2.05, 4.69) is 37.4 Å². The van der Waals surface area contributed by atoms with Crippen LogP contribution in [0.2, 0.25) is 0 Å². The van der Waals surface area contributed by atoms with Gasteiger partial charge in [-0.25, -0.2) is 4.98 Å². The quantitative estimate of drug-likeness (QED) is 0.782. The molecular weight excluding hydrogens is 390 g/mol. The highest BCUT2D eigenvalue weighted by Crippen LogP contribution is 2.50. The normalized spacial score (nSPS) is 23.4. The fraction of sp³-hybridized carbons (Fsp3) is 0.600. The Morgan fingerprint density at radius 2 is 2.03 bits per heavy atom. The number of hydrogen-bond acceptors (Lipinski definition) is 5. The van der Waals surface area contributed by atoms with Crippen molar-refractivity contribution in [2.24, 2.45) is 0 Å². The van der Waals surface area contributed by atoms with Crippen LogP contribution in [0.5, 0.6) is 0 Å². The molecule has 1 saturated carbocycles. The summed E-state index contributed by atoms with van der Waals surface area (Å²) in [5.74, 6) is 0.574. The molecule has 0 amide bonds. The van der Waals surface area contributed by atoms with E-state index in [0.29, 0.717) is 19.1 Å². The van der Waals surface area contributed by atoms with Crippen molar-refractivity contribution in [2.45, 2.75) is 75.9 Å². The van der Waals surface area contributed by atoms with Crippen molar-refractivity contribution in [3.63, 3.8) is 0 Å². The molecule has 0 bridgehead atoms. The van der Waals surface area contributed by atoms with E-state index in [1.165, 1.54) is 5.56 Å². The third-order valence-electron chi connectivity index (χ3n) is 7.44. The fourth-order valence-corrected chi connectivity index (χ4v) is 6.09. The van der Waals surface area contributed by atoms with Crippen LogP contribution in [0.25, 0.3) is 11.3 Å². The maximum absolute atomic E-state index is 14.3. The third-order valence-corrected chi connectivity index (χ3v) is 7.44. The molecule has 1 aliphatic heterocycles. The molecule has 2 N–H and O–H groups in total. The first kappa shape index (κ1) is 20.7. The van der Waals surface area contributed by atoms with E-state index in [1.54, 1.807) is 0 Å². The number of benzene rings is 1. The molecule has 6 nitrogen and oxygen atoms in total. The van der Waals surface area contributed by atoms with Crippen LogP contribution in [0.3, 0.4) is 0 Å². The summed E-state index contributed by atoms with van der Waals surface area (Å²) in [6.45, 7) is 5.17. The molecule has 1 spiro atoms. The van der Waals surface area contributed by atoms with Crippen molar-refractivity contribution < 1.29 is 9.84 Å². The van der Waals surface area contributed by atoms with Crippen molar-refractivity contribution in [1.29, 1.82) is 0 Å². The zero-order valence-electron chi connectivity index (χ0n) is 18.6. The molecule has 2 aliphatic carbocycles. The Bertz CT molecular complexity index is 1040. The lowest BCUT2D eigenvalue weighted by molar-refractivity contribution is -0.0694. The summed E-state index contributed by atoms with van der Waals surface area (Å²) in [7, 11) is 0. The van der Waals surface area contributed by atoms with Gasteiger partial charge in [-0.15, -0.1) is 0 Å². The highest BCUT2D eigenvalue weighted by Gasteiger charge is 2.45. The van der Waals surface area contributed by atoms with Gasteiger partial charge in [-0.3, -0.25) is 9.36 Å². The molecule has 0 radical (unpaired) electrons. The third kappa shape index (κ3) is 3.50. The molecule has 1 saturated heterocycles. The molecule has 2 fully saturated rings. The summed E-state index contributed by atoms with van der Waals surface area (Å²) < 4.78 is 7.83. The Morgan fingerprint density at radius 1 is 1.26 bits per heavy atom. The number of hydrogen-bond donors (Lipinski definition) is 2. The van der Waals surface area contributed by atoms with Crippen LogP contribution in [-0.4, -0.2) is 40.0 Å². The van der Waals surface area contributed by atoms with Crippen molar-refractivity contribution in [2.75, 3.05) is 25.1 Å². The second-order valence-corrected chi connectivity index (χ2v) is 10.1. The lowest BCUT2D eigenvalue weighted by atomic mass is 9.68. The monoisotopic (exact) mass is 423 g/mol. The molecule has 31 heavy (non-hydrogen) atoms. The Labute approximate surface area is 183 Å². The second-order valence-electron chi connectivity index (χ2n) is 10.1. The van der Waals surface area contributed by atoms with Crippen LogP contribution in [0.1, 0.15) is 69.5 Å². The van der Waals surface area contributed by atoms with Gasteiger partial charge in [-0.05, 0) is 51.5 Å². The highest BCUT2D eigenvalue weighted by molar-refractivity contribution is 5.72. The molecule has 2 heterocycles. The lowest BCUT2D eigenvalue weighted by Crippen LogP contribution is -2.44. The molecule has 1 aromatic carbocycles. The minimum Gasteiger partial charge on any atom is -0.395 e. The van der Waals surface area contributed by atoms with E-state index in [9.17, 15) is 9.90 Å². The number of aliphatic hydroxyl groups is 1. The van der Waals surface area contributed by atoms with Crippen molar-refractivity contribution >= 4 is 5.95 Å². The van der Waals surface area contributed by atoms with Crippen molar-refractivity contribution in [3.05, 3.63) is 45.7 Å². The van der Waals surface area contributed by atoms with Crippen LogP contribution < -0.4 is 10.9 Å². The molecule has 166 valence electrons. The molecular formula is C25H33N3O3. The Kier molecular flexibility index (Phi) is 5.18. The smallest absolute Gasteiger partial charge is 0.259 e. The number of aliphatic hydroxyl groups excluding tert-OH is 1. The molecule has 5 rings (SSSR count). The van der Waals surface area contributed by atoms with Gasteiger partial charge in [-0.1, -0.05) is 37.1 Å². The summed E-state index contributed by atoms with van der Waals surface area (Å²) in [5, 5.41) is 12.7. The van der Waals surface area contributed by atoms with E-state index < -0.39 is 0 Å². The summed E-state index contributed by atoms with van der Waals surface area (Å²) in [5.41, 5.74) is 3.86. The zero-order valence-corrected chi connectivity index (χ0v) is 18.6. The van der Waals surface area contributed by atoms with Crippen LogP contribution in [0.4, 0.5) is 5.95 Å². The van der Waals surface area contributed by atoms with E-state index in [1.807, 2.05) is 10.6 Å². The molecule has 1 atom stereocenters. The summed E-state index contributed by atoms with van der Waals surface area (Å²) in [6.07, 6.45) is 6.91. The lowest BCUT2D eigenvalue weighted by Gasteiger charge is -2.40. The summed E-state index contributed by atoms with van der Waals surface area (Å²) in [4.78, 5) is 19.4. The first-order chi connectivity index (χ1) is 14.9. The predicted octanol–water partition coefficient (Wildman–Crippen LogP) is 3.81. The van der Waals surface area contributed by atoms with Gasteiger partial charge in [0.15, 0.2) is 0 Å². The summed E-state index contributed by atoms with van der Waals surface area (Å²) >= 11 is 0. The number of rotatable bonds is 4. The first-order valence-electron chi connectivity index (χ1n) is 11.7. The minimum atomic E-state index is -0.274. The Hall–Kier alpha value is -2.18. The minimum absolute atomic E-state index is 0.00719. The number of nitrogens with zero attached hydrogens (tertiary/aromatic N) is 2. The average Bonchev–Trinajstić information content (AvgIpc) is 3.19. The zero-order chi connectivity index (χ0) is 21.6. The maximum atomic E-state index is 14.3. The van der Waals surface area contributed by atoms with Gasteiger partial charge in [0.05, 0.1) is 23.5 Å². The van der Waals surface area contributed by atoms with Crippen LogP contribution in [-0.2, 0) is 16.6 Å². The van der Waals surface area contributed by atoms with Gasteiger partial charge in [0, 0.05) is 30.2 Å². The average molecular weight is 424 g/mol. The van der Waals surface area contributed by atoms with E-state index in [0.717, 1.165) is 61.8 Å². The number of nitrogens with one attached hydrogen (secondary N) is 1. The SMILES string of the molecule is CC1(C)C[C@@H](n2c(NCCO)nc3c(c2=O)C2(CCCC2)Cc2ccccc2-3)CCO1. The standard InChI is InChI=1S/C25H33N3O3/c1-24(2)16-18(9-14-31-24)28-22(30)20-21(27-23(28)26-12-13-29)19-8-4-3-7-17(19)15-25(20)10-5-6-11-25/h3-4,7-8,18,29H,5-6,9-16H2,1-2H3,(H,26,27)/t18-/m0/s1. The number of anilines is 1. The van der Waals surface area contributed by atoms with Gasteiger partial charge in [0.1, 0.15) is 0 Å². The van der Waals surface area contributed by atoms with E-state index >= 15 is 0 Å². The predicted molar refractivity (Wildman–Crippen MR) is 122 cm³/mol. The number of ether oxygens (including phenoxy) is 1. The van der Waals surface area contributed by atoms with Gasteiger partial charge in [-0.2, -0.15) is 0 Å². The van der Waals surface area contributed by atoms with Crippen molar-refractivity contribution in [1.82, 2.24) is 9.55 Å². The van der Waals surface area contributed by atoms with Crippen LogP contribution >= 0.6 is 0 Å². The maximum Gasteiger partial charge on any atom is 0.259 e. The van der Waals surface area contributed by atoms with Gasteiger partial charge in [0.2, 0.25) is 5.95 Å². The molecule has 3 aliphatic rings. The highest BCUT2D eigenvalue weighted by atomic mass is 16.5. The number of aromatic nitrogens is 2. The Morgan fingerprint density at radius 3 is 2.77 bits per heavy atom. The van der Waals surface area contributed by atoms with Gasteiger partial charge >= 0.3 is 0 Å². The van der Waals surface area contributed by atoms with E-state index in [4.69, 9.17) is 9.72 Å². The fourth-order valence-electron chi connectivity index (χ4n) is 6.09. The molecule has 6 heteroatoms. The first-order valence-corrected chi connectivity index (χ1v) is 11.7. The van der Waals surface area contributed by atoms with Gasteiger partial charge in [0.25, 0.3) is 5.56 Å². The summed E-state index contributed by atoms with van der Waals surface area (Å²) in [6, 6.07) is 8.44. The number of fused-ring (bicyclic) bond motifs is 4. The molecule has 0 unspecified atom stereocenters. The Balaban J connectivity index is 1.74. The van der Waals surface area contributed by atoms with Crippen molar-refractivity contribution in [3.8, 4) is 11.3 Å². The topological polar surface area (TPSA) is 76.4 Å². The second kappa shape index (κ2) is 7.75.